The van der Waals surface area contributed by atoms with Crippen LogP contribution >= 0.6 is 0 Å². The van der Waals surface area contributed by atoms with Crippen molar-refractivity contribution < 1.29 is 0 Å². The molecular formula is C22H27N5. The topological polar surface area (TPSA) is 46.8 Å². The van der Waals surface area contributed by atoms with E-state index in [1.807, 2.05) is 4.68 Å². The minimum atomic E-state index is 0.115. The Morgan fingerprint density at radius 3 is 2.33 bits per heavy atom. The van der Waals surface area contributed by atoms with Gasteiger partial charge in [0.1, 0.15) is 0 Å². The maximum absolute atomic E-state index is 4.46. The predicted molar refractivity (Wildman–Crippen MR) is 106 cm³/mol. The summed E-state index contributed by atoms with van der Waals surface area (Å²) in [5.41, 5.74) is 2.57. The highest BCUT2D eigenvalue weighted by atomic mass is 15.5. The molecule has 0 bridgehead atoms. The monoisotopic (exact) mass is 361 g/mol. The lowest BCUT2D eigenvalue weighted by Gasteiger charge is -2.36. The molecule has 0 amide bonds. The quantitative estimate of drug-likeness (QED) is 0.671. The second kappa shape index (κ2) is 8.44. The molecule has 4 rings (SSSR count). The lowest BCUT2D eigenvalue weighted by Crippen LogP contribution is -2.38. The van der Waals surface area contributed by atoms with Gasteiger partial charge in [0, 0.05) is 6.54 Å². The third-order valence-electron chi connectivity index (χ3n) is 5.56. The number of nitrogens with zero attached hydrogens (tertiary/aromatic N) is 5. The third kappa shape index (κ3) is 4.25. The average molecular weight is 361 g/mol. The Bertz CT molecular complexity index is 822. The Hall–Kier alpha value is -2.53. The normalized spacial score (nSPS) is 17.1. The number of hydrogen-bond donors (Lipinski definition) is 0. The van der Waals surface area contributed by atoms with Crippen LogP contribution in [0.4, 0.5) is 0 Å². The zero-order valence-corrected chi connectivity index (χ0v) is 15.9. The maximum Gasteiger partial charge on any atom is 0.173 e. The van der Waals surface area contributed by atoms with E-state index < -0.39 is 0 Å². The fourth-order valence-corrected chi connectivity index (χ4v) is 3.89. The summed E-state index contributed by atoms with van der Waals surface area (Å²) in [6, 6.07) is 21.3. The molecule has 2 aromatic carbocycles. The van der Waals surface area contributed by atoms with E-state index >= 15 is 0 Å². The Morgan fingerprint density at radius 1 is 0.963 bits per heavy atom. The van der Waals surface area contributed by atoms with Crippen LogP contribution in [-0.4, -0.2) is 38.2 Å². The van der Waals surface area contributed by atoms with Crippen LogP contribution in [0.1, 0.15) is 42.8 Å². The summed E-state index contributed by atoms with van der Waals surface area (Å²) in [4.78, 5) is 2.54. The minimum absolute atomic E-state index is 0.115. The van der Waals surface area contributed by atoms with Crippen molar-refractivity contribution in [2.45, 2.75) is 38.8 Å². The minimum Gasteiger partial charge on any atom is -0.290 e. The van der Waals surface area contributed by atoms with Crippen molar-refractivity contribution >= 4 is 0 Å². The van der Waals surface area contributed by atoms with Gasteiger partial charge >= 0.3 is 0 Å². The van der Waals surface area contributed by atoms with E-state index in [-0.39, 0.29) is 6.04 Å². The number of aromatic nitrogens is 4. The molecule has 5 heteroatoms. The molecule has 0 aliphatic carbocycles. The van der Waals surface area contributed by atoms with Crippen LogP contribution in [0.25, 0.3) is 0 Å². The number of hydrogen-bond acceptors (Lipinski definition) is 4. The van der Waals surface area contributed by atoms with Crippen molar-refractivity contribution in [3.8, 4) is 0 Å². The molecule has 1 saturated heterocycles. The van der Waals surface area contributed by atoms with Gasteiger partial charge in [-0.25, -0.2) is 4.68 Å². The molecule has 0 saturated carbocycles. The maximum atomic E-state index is 4.46. The molecule has 3 aromatic rings. The van der Waals surface area contributed by atoms with Gasteiger partial charge in [0.15, 0.2) is 5.82 Å². The number of benzene rings is 2. The largest absolute Gasteiger partial charge is 0.290 e. The van der Waals surface area contributed by atoms with Gasteiger partial charge in [0.05, 0.1) is 6.04 Å². The first-order chi connectivity index (χ1) is 13.3. The van der Waals surface area contributed by atoms with Crippen molar-refractivity contribution in [2.24, 2.45) is 5.92 Å². The summed E-state index contributed by atoms with van der Waals surface area (Å²) in [6.45, 7) is 5.32. The SMILES string of the molecule is CC1CCN(C(c2ccccc2)c2nnnn2CCc2ccccc2)CC1. The van der Waals surface area contributed by atoms with Gasteiger partial charge in [0.25, 0.3) is 0 Å². The van der Waals surface area contributed by atoms with Gasteiger partial charge in [-0.1, -0.05) is 67.6 Å². The molecule has 0 radical (unpaired) electrons. The van der Waals surface area contributed by atoms with Crippen LogP contribution in [0.3, 0.4) is 0 Å². The number of tetrazole rings is 1. The van der Waals surface area contributed by atoms with E-state index in [1.54, 1.807) is 0 Å². The summed E-state index contributed by atoms with van der Waals surface area (Å²) in [5, 5.41) is 12.8. The average Bonchev–Trinajstić information content (AvgIpc) is 3.18. The van der Waals surface area contributed by atoms with Crippen LogP contribution in [0, 0.1) is 5.92 Å². The first-order valence-electron chi connectivity index (χ1n) is 9.90. The Labute approximate surface area is 161 Å². The van der Waals surface area contributed by atoms with Crippen LogP contribution in [-0.2, 0) is 13.0 Å². The van der Waals surface area contributed by atoms with Gasteiger partial charge < -0.3 is 0 Å². The highest BCUT2D eigenvalue weighted by molar-refractivity contribution is 5.25. The molecule has 5 nitrogen and oxygen atoms in total. The van der Waals surface area contributed by atoms with E-state index in [4.69, 9.17) is 0 Å². The summed E-state index contributed by atoms with van der Waals surface area (Å²) in [7, 11) is 0. The van der Waals surface area contributed by atoms with E-state index in [0.29, 0.717) is 0 Å². The Kier molecular flexibility index (Phi) is 5.58. The van der Waals surface area contributed by atoms with Crippen LogP contribution in [0.2, 0.25) is 0 Å². The first kappa shape index (κ1) is 17.9. The standard InChI is InChI=1S/C22H27N5/c1-18-12-15-26(16-13-18)21(20-10-6-3-7-11-20)22-23-24-25-27(22)17-14-19-8-4-2-5-9-19/h2-11,18,21H,12-17H2,1H3. The molecule has 2 heterocycles. The van der Waals surface area contributed by atoms with Gasteiger partial charge in [-0.15, -0.1) is 5.10 Å². The lowest BCUT2D eigenvalue weighted by molar-refractivity contribution is 0.150. The molecule has 1 unspecified atom stereocenters. The lowest BCUT2D eigenvalue weighted by atomic mass is 9.95. The Balaban J connectivity index is 1.60. The molecule has 1 aliphatic heterocycles. The molecule has 140 valence electrons. The number of rotatable bonds is 6. The fraction of sp³-hybridized carbons (Fsp3) is 0.409. The smallest absolute Gasteiger partial charge is 0.173 e. The first-order valence-corrected chi connectivity index (χ1v) is 9.90. The van der Waals surface area contributed by atoms with Crippen LogP contribution < -0.4 is 0 Å². The van der Waals surface area contributed by atoms with Crippen LogP contribution in [0.5, 0.6) is 0 Å². The Morgan fingerprint density at radius 2 is 1.63 bits per heavy atom. The van der Waals surface area contributed by atoms with Crippen molar-refractivity contribution in [3.05, 3.63) is 77.6 Å². The highest BCUT2D eigenvalue weighted by Crippen LogP contribution is 2.31. The number of aryl methyl sites for hydroxylation is 2. The molecule has 0 N–H and O–H groups in total. The van der Waals surface area contributed by atoms with Gasteiger partial charge in [-0.2, -0.15) is 0 Å². The fourth-order valence-electron chi connectivity index (χ4n) is 3.89. The molecular weight excluding hydrogens is 334 g/mol. The molecule has 1 aliphatic rings. The van der Waals surface area contributed by atoms with Gasteiger partial charge in [0.2, 0.25) is 0 Å². The summed E-state index contributed by atoms with van der Waals surface area (Å²) in [5.74, 6) is 1.75. The third-order valence-corrected chi connectivity index (χ3v) is 5.56. The second-order valence-corrected chi connectivity index (χ2v) is 7.53. The summed E-state index contributed by atoms with van der Waals surface area (Å²) < 4.78 is 1.99. The van der Waals surface area contributed by atoms with E-state index in [1.165, 1.54) is 24.0 Å². The van der Waals surface area contributed by atoms with Crippen LogP contribution in [0.15, 0.2) is 60.7 Å². The van der Waals surface area contributed by atoms with E-state index in [9.17, 15) is 0 Å². The second-order valence-electron chi connectivity index (χ2n) is 7.53. The molecule has 0 spiro atoms. The van der Waals surface area contributed by atoms with Gasteiger partial charge in [-0.3, -0.25) is 4.90 Å². The molecule has 1 atom stereocenters. The molecule has 1 aromatic heterocycles. The summed E-state index contributed by atoms with van der Waals surface area (Å²) in [6.07, 6.45) is 3.39. The highest BCUT2D eigenvalue weighted by Gasteiger charge is 2.30. The van der Waals surface area contributed by atoms with Crippen molar-refractivity contribution in [2.75, 3.05) is 13.1 Å². The predicted octanol–water partition coefficient (Wildman–Crippen LogP) is 3.74. The van der Waals surface area contributed by atoms with Crippen molar-refractivity contribution in [1.82, 2.24) is 25.1 Å². The van der Waals surface area contributed by atoms with E-state index in [2.05, 4.69) is 88.0 Å². The van der Waals surface area contributed by atoms with Crippen molar-refractivity contribution in [3.63, 3.8) is 0 Å². The molecule has 27 heavy (non-hydrogen) atoms. The summed E-state index contributed by atoms with van der Waals surface area (Å²) >= 11 is 0. The molecule has 1 fully saturated rings. The zero-order valence-electron chi connectivity index (χ0n) is 15.9. The van der Waals surface area contributed by atoms with Gasteiger partial charge in [-0.05, 0) is 59.8 Å². The van der Waals surface area contributed by atoms with E-state index in [0.717, 1.165) is 37.8 Å². The zero-order chi connectivity index (χ0) is 18.5. The number of piperidine rings is 1. The number of likely N-dealkylation sites (tertiary alicyclic amines) is 1. The van der Waals surface area contributed by atoms with Crippen molar-refractivity contribution in [1.29, 1.82) is 0 Å².